The van der Waals surface area contributed by atoms with Crippen LogP contribution >= 0.6 is 0 Å². The third-order valence-corrected chi connectivity index (χ3v) is 5.95. The summed E-state index contributed by atoms with van der Waals surface area (Å²) in [5.41, 5.74) is 5.16. The summed E-state index contributed by atoms with van der Waals surface area (Å²) in [5, 5.41) is 8.69. The van der Waals surface area contributed by atoms with E-state index in [0.717, 1.165) is 40.3 Å². The maximum atomic E-state index is 12.4. The second kappa shape index (κ2) is 10.7. The van der Waals surface area contributed by atoms with Crippen LogP contribution in [0.15, 0.2) is 54.7 Å². The van der Waals surface area contributed by atoms with Gasteiger partial charge in [-0.1, -0.05) is 50.2 Å². The Morgan fingerprint density at radius 1 is 1.15 bits per heavy atom. The summed E-state index contributed by atoms with van der Waals surface area (Å²) in [7, 11) is -1.37. The van der Waals surface area contributed by atoms with Crippen LogP contribution in [-0.4, -0.2) is 42.1 Å². The molecule has 2 heterocycles. The molecule has 0 bridgehead atoms. The van der Waals surface area contributed by atoms with Crippen molar-refractivity contribution in [2.45, 2.75) is 26.7 Å². The van der Waals surface area contributed by atoms with Crippen LogP contribution < -0.4 is 10.5 Å². The van der Waals surface area contributed by atoms with Gasteiger partial charge >= 0.3 is 0 Å². The Kier molecular flexibility index (Phi) is 7.91. The minimum atomic E-state index is -1.37. The quantitative estimate of drug-likeness (QED) is 0.364. The van der Waals surface area contributed by atoms with Gasteiger partial charge in [0.2, 0.25) is 0 Å². The molecule has 2 aromatic carbocycles. The van der Waals surface area contributed by atoms with E-state index in [4.69, 9.17) is 10.1 Å². The van der Waals surface area contributed by atoms with E-state index in [0.29, 0.717) is 30.1 Å². The molecule has 0 spiro atoms. The predicted molar refractivity (Wildman–Crippen MR) is 134 cm³/mol. The van der Waals surface area contributed by atoms with Crippen molar-refractivity contribution in [3.05, 3.63) is 60.3 Å². The van der Waals surface area contributed by atoms with Crippen molar-refractivity contribution in [3.8, 4) is 11.3 Å². The van der Waals surface area contributed by atoms with Gasteiger partial charge in [-0.15, -0.1) is 0 Å². The molecule has 0 aliphatic rings. The van der Waals surface area contributed by atoms with E-state index < -0.39 is 11.0 Å². The van der Waals surface area contributed by atoms with Crippen molar-refractivity contribution in [1.29, 1.82) is 0 Å². The number of benzene rings is 2. The molecular weight excluding hydrogens is 438 g/mol. The molecule has 1 unspecified atom stereocenters. The van der Waals surface area contributed by atoms with Crippen LogP contribution in [0.25, 0.3) is 27.9 Å². The smallest absolute Gasteiger partial charge is 0.181 e. The minimum absolute atomic E-state index is 0. The van der Waals surface area contributed by atoms with Crippen LogP contribution in [0.3, 0.4) is 0 Å². The highest BCUT2D eigenvalue weighted by atomic mass is 32.2. The molecule has 1 atom stereocenters. The van der Waals surface area contributed by atoms with Gasteiger partial charge in [-0.2, -0.15) is 0 Å². The van der Waals surface area contributed by atoms with Crippen LogP contribution in [0.2, 0.25) is 0 Å². The van der Waals surface area contributed by atoms with Crippen LogP contribution in [-0.2, 0) is 11.0 Å². The van der Waals surface area contributed by atoms with Crippen molar-refractivity contribution in [1.82, 2.24) is 14.4 Å². The number of carbonyl (C=O) groups is 1. The molecular formula is C24H29N5O3S. The van der Waals surface area contributed by atoms with Crippen LogP contribution in [0.4, 0.5) is 5.82 Å². The fraction of sp³-hybridized carbons (Fsp3) is 0.292. The number of fused-ring (bicyclic) bond motifs is 3. The Morgan fingerprint density at radius 3 is 2.58 bits per heavy atom. The minimum Gasteiger partial charge on any atom is -0.412 e. The Hall–Kier alpha value is -3.14. The van der Waals surface area contributed by atoms with E-state index in [9.17, 15) is 9.00 Å². The van der Waals surface area contributed by atoms with Gasteiger partial charge in [0.05, 0.1) is 33.9 Å². The number of nitrogens with zero attached hydrogens (tertiary/aromatic N) is 3. The van der Waals surface area contributed by atoms with Crippen LogP contribution in [0, 0.1) is 5.92 Å². The van der Waals surface area contributed by atoms with E-state index in [1.807, 2.05) is 54.7 Å². The molecule has 0 saturated carbocycles. The van der Waals surface area contributed by atoms with Gasteiger partial charge in [-0.25, -0.2) is 14.2 Å². The lowest BCUT2D eigenvalue weighted by molar-refractivity contribution is 0.0982. The van der Waals surface area contributed by atoms with Gasteiger partial charge in [0.15, 0.2) is 17.2 Å². The van der Waals surface area contributed by atoms with Gasteiger partial charge in [0, 0.05) is 29.8 Å². The fourth-order valence-corrected chi connectivity index (χ4v) is 4.08. The van der Waals surface area contributed by atoms with E-state index >= 15 is 0 Å². The Morgan fingerprint density at radius 2 is 1.88 bits per heavy atom. The fourth-order valence-electron chi connectivity index (χ4n) is 3.65. The van der Waals surface area contributed by atoms with Crippen LogP contribution in [0.1, 0.15) is 37.0 Å². The zero-order valence-corrected chi connectivity index (χ0v) is 19.6. The number of hydrogen-bond acceptors (Lipinski definition) is 5. The number of rotatable bonds is 9. The van der Waals surface area contributed by atoms with E-state index in [1.165, 1.54) is 0 Å². The topological polar surface area (TPSA) is 134 Å². The van der Waals surface area contributed by atoms with Gasteiger partial charge in [-0.3, -0.25) is 14.3 Å². The molecule has 0 saturated heterocycles. The summed E-state index contributed by atoms with van der Waals surface area (Å²) in [4.78, 5) is 21.9. The lowest BCUT2D eigenvalue weighted by Gasteiger charge is -2.12. The number of nitrogens with two attached hydrogens (primary N) is 1. The lowest BCUT2D eigenvalue weighted by atomic mass is 10.0. The maximum Gasteiger partial charge on any atom is 0.181 e. The van der Waals surface area contributed by atoms with E-state index in [-0.39, 0.29) is 11.3 Å². The summed E-state index contributed by atoms with van der Waals surface area (Å²) in [6.07, 6.45) is 2.69. The highest BCUT2D eigenvalue weighted by Gasteiger charge is 2.15. The summed E-state index contributed by atoms with van der Waals surface area (Å²) >= 11 is 0. The summed E-state index contributed by atoms with van der Waals surface area (Å²) in [5.74, 6) is 1.59. The standard InChI is InChI=1S/C24H27N5O2S.H2O/c1-16(2)14-26-23-24-27-15-21(29(24)20-7-4-3-6-19(20)28-23)17-9-11-18(12-10-17)22(30)8-5-13-32(25)31;/h3-4,6-7,9-12,15-16H,5,8,13-14,25H2,1-2H3,(H,26,28);1H2. The van der Waals surface area contributed by atoms with Gasteiger partial charge < -0.3 is 10.8 Å². The van der Waals surface area contributed by atoms with Crippen molar-refractivity contribution in [3.63, 3.8) is 0 Å². The number of carbonyl (C=O) groups excluding carboxylic acids is 1. The summed E-state index contributed by atoms with van der Waals surface area (Å²) in [6.45, 7) is 5.11. The molecule has 9 heteroatoms. The molecule has 0 radical (unpaired) electrons. The van der Waals surface area contributed by atoms with Gasteiger partial charge in [0.25, 0.3) is 0 Å². The predicted octanol–water partition coefficient (Wildman–Crippen LogP) is 3.38. The number of hydrogen-bond donors (Lipinski definition) is 2. The zero-order chi connectivity index (χ0) is 22.7. The molecule has 4 rings (SSSR count). The van der Waals surface area contributed by atoms with Crippen molar-refractivity contribution in [2.75, 3.05) is 17.6 Å². The molecule has 0 aliphatic carbocycles. The first-order valence-corrected chi connectivity index (χ1v) is 12.1. The third-order valence-electron chi connectivity index (χ3n) is 5.26. The first-order chi connectivity index (χ1) is 15.4. The monoisotopic (exact) mass is 467 g/mol. The zero-order valence-electron chi connectivity index (χ0n) is 18.7. The number of nitrogens with one attached hydrogen (secondary N) is 1. The number of Topliss-reactive ketones (excluding diaryl/α,β-unsaturated/α-hetero) is 1. The number of aromatic nitrogens is 3. The average Bonchev–Trinajstić information content (AvgIpc) is 3.23. The number of ketones is 1. The summed E-state index contributed by atoms with van der Waals surface area (Å²) in [6, 6.07) is 15.5. The van der Waals surface area contributed by atoms with E-state index in [2.05, 4.69) is 28.5 Å². The molecule has 174 valence electrons. The molecule has 33 heavy (non-hydrogen) atoms. The molecule has 0 amide bonds. The number of anilines is 1. The van der Waals surface area contributed by atoms with Crippen molar-refractivity contribution >= 4 is 39.3 Å². The summed E-state index contributed by atoms with van der Waals surface area (Å²) < 4.78 is 13.1. The third kappa shape index (κ3) is 5.44. The SMILES string of the molecule is CC(C)CNc1nc2ccccc2n2c(-c3ccc(C(=O)CCCS(N)=O)cc3)cnc12.O. The van der Waals surface area contributed by atoms with Crippen molar-refractivity contribution < 1.29 is 14.5 Å². The molecule has 0 aliphatic heterocycles. The largest absolute Gasteiger partial charge is 0.412 e. The second-order valence-corrected chi connectivity index (χ2v) is 9.39. The Bertz CT molecular complexity index is 1280. The van der Waals surface area contributed by atoms with Gasteiger partial charge in [-0.05, 0) is 24.5 Å². The highest BCUT2D eigenvalue weighted by molar-refractivity contribution is 7.82. The second-order valence-electron chi connectivity index (χ2n) is 8.22. The molecule has 2 aromatic heterocycles. The molecule has 0 fully saturated rings. The Labute approximate surface area is 195 Å². The van der Waals surface area contributed by atoms with Crippen LogP contribution in [0.5, 0.6) is 0 Å². The first kappa shape index (κ1) is 24.5. The average molecular weight is 468 g/mol. The van der Waals surface area contributed by atoms with Gasteiger partial charge in [0.1, 0.15) is 0 Å². The first-order valence-electron chi connectivity index (χ1n) is 10.7. The normalized spacial score (nSPS) is 12.1. The highest BCUT2D eigenvalue weighted by Crippen LogP contribution is 2.29. The number of para-hydroxylation sites is 2. The number of imidazole rings is 1. The maximum absolute atomic E-state index is 12.4. The molecule has 5 N–H and O–H groups in total. The lowest BCUT2D eigenvalue weighted by Crippen LogP contribution is -2.11. The van der Waals surface area contributed by atoms with E-state index in [1.54, 1.807) is 0 Å². The molecule has 8 nitrogen and oxygen atoms in total. The Balaban J connectivity index is 0.00000306. The molecule has 4 aromatic rings. The van der Waals surface area contributed by atoms with Crippen molar-refractivity contribution in [2.24, 2.45) is 11.1 Å².